The highest BCUT2D eigenvalue weighted by Crippen LogP contribution is 2.17. The number of halogens is 1. The van der Waals surface area contributed by atoms with E-state index in [1.54, 1.807) is 7.11 Å². The second kappa shape index (κ2) is 14.0. The molecule has 2 atom stereocenters. The van der Waals surface area contributed by atoms with E-state index in [1.807, 2.05) is 13.1 Å². The number of aliphatic imine (C=N–C) groups is 1. The molecule has 7 heteroatoms. The third-order valence-corrected chi connectivity index (χ3v) is 4.99. The van der Waals surface area contributed by atoms with Gasteiger partial charge in [0.15, 0.2) is 5.96 Å². The normalized spacial score (nSPS) is 18.1. The molecule has 2 N–H and O–H groups in total. The standard InChI is InChI=1S/C21H36N4O2.HI/c1-17(2)20(24-19-8-6-5-7-9-19)14-23-21(22-3)25-11-10-18(15-25)16-27-13-12-26-4;/h5-9,17-18,20,24H,10-16H2,1-4H3,(H,22,23);1H. The fourth-order valence-electron chi connectivity index (χ4n) is 3.29. The van der Waals surface area contributed by atoms with Gasteiger partial charge in [-0.3, -0.25) is 4.99 Å². The second-order valence-electron chi connectivity index (χ2n) is 7.46. The first-order valence-electron chi connectivity index (χ1n) is 9.98. The Morgan fingerprint density at radius 2 is 2.00 bits per heavy atom. The van der Waals surface area contributed by atoms with E-state index in [0.717, 1.165) is 44.3 Å². The van der Waals surface area contributed by atoms with Crippen LogP contribution >= 0.6 is 24.0 Å². The van der Waals surface area contributed by atoms with E-state index in [2.05, 4.69) is 58.6 Å². The Bertz CT molecular complexity index is 557. The average molecular weight is 504 g/mol. The number of guanidine groups is 1. The Labute approximate surface area is 187 Å². The molecule has 0 radical (unpaired) electrons. The summed E-state index contributed by atoms with van der Waals surface area (Å²) in [6.45, 7) is 9.46. The maximum Gasteiger partial charge on any atom is 0.193 e. The lowest BCUT2D eigenvalue weighted by Crippen LogP contribution is -2.46. The van der Waals surface area contributed by atoms with E-state index < -0.39 is 0 Å². The summed E-state index contributed by atoms with van der Waals surface area (Å²) in [6, 6.07) is 10.7. The molecule has 1 aromatic rings. The smallest absolute Gasteiger partial charge is 0.193 e. The Morgan fingerprint density at radius 1 is 1.25 bits per heavy atom. The van der Waals surface area contributed by atoms with Gasteiger partial charge in [-0.05, 0) is 24.5 Å². The first-order valence-corrected chi connectivity index (χ1v) is 9.98. The van der Waals surface area contributed by atoms with Gasteiger partial charge in [0.1, 0.15) is 0 Å². The van der Waals surface area contributed by atoms with Crippen LogP contribution < -0.4 is 10.6 Å². The zero-order chi connectivity index (χ0) is 19.5. The number of hydrogen-bond acceptors (Lipinski definition) is 4. The summed E-state index contributed by atoms with van der Waals surface area (Å²) >= 11 is 0. The number of ether oxygens (including phenoxy) is 2. The van der Waals surface area contributed by atoms with Gasteiger partial charge in [-0.15, -0.1) is 24.0 Å². The van der Waals surface area contributed by atoms with Gasteiger partial charge in [0.2, 0.25) is 0 Å². The number of nitrogens with one attached hydrogen (secondary N) is 2. The maximum atomic E-state index is 5.69. The molecular weight excluding hydrogens is 467 g/mol. The number of para-hydroxylation sites is 1. The zero-order valence-corrected chi connectivity index (χ0v) is 20.0. The number of likely N-dealkylation sites (tertiary alicyclic amines) is 1. The number of anilines is 1. The first-order chi connectivity index (χ1) is 13.1. The Morgan fingerprint density at radius 3 is 2.64 bits per heavy atom. The molecule has 1 aliphatic rings. The molecule has 0 bridgehead atoms. The van der Waals surface area contributed by atoms with E-state index in [9.17, 15) is 0 Å². The Hall–Kier alpha value is -1.06. The van der Waals surface area contributed by atoms with Crippen LogP contribution in [0, 0.1) is 11.8 Å². The van der Waals surface area contributed by atoms with Crippen LogP contribution in [0.1, 0.15) is 20.3 Å². The average Bonchev–Trinajstić information content (AvgIpc) is 3.14. The van der Waals surface area contributed by atoms with Crippen molar-refractivity contribution in [3.05, 3.63) is 30.3 Å². The number of hydrogen-bond donors (Lipinski definition) is 2. The topological polar surface area (TPSA) is 58.1 Å². The molecule has 160 valence electrons. The van der Waals surface area contributed by atoms with Gasteiger partial charge in [-0.25, -0.2) is 0 Å². The molecule has 1 fully saturated rings. The highest BCUT2D eigenvalue weighted by atomic mass is 127. The monoisotopic (exact) mass is 504 g/mol. The van der Waals surface area contributed by atoms with Crippen molar-refractivity contribution in [1.29, 1.82) is 0 Å². The number of rotatable bonds is 10. The largest absolute Gasteiger partial charge is 0.382 e. The molecule has 0 aliphatic carbocycles. The van der Waals surface area contributed by atoms with E-state index in [4.69, 9.17) is 9.47 Å². The lowest BCUT2D eigenvalue weighted by atomic mass is 10.0. The van der Waals surface area contributed by atoms with Crippen molar-refractivity contribution in [2.75, 3.05) is 58.9 Å². The van der Waals surface area contributed by atoms with Gasteiger partial charge in [0.25, 0.3) is 0 Å². The fraction of sp³-hybridized carbons (Fsp3) is 0.667. The molecule has 1 saturated heterocycles. The lowest BCUT2D eigenvalue weighted by Gasteiger charge is -2.27. The summed E-state index contributed by atoms with van der Waals surface area (Å²) in [6.07, 6.45) is 1.14. The third-order valence-electron chi connectivity index (χ3n) is 4.99. The van der Waals surface area contributed by atoms with Crippen molar-refractivity contribution >= 4 is 35.6 Å². The van der Waals surface area contributed by atoms with Gasteiger partial charge in [-0.2, -0.15) is 0 Å². The second-order valence-corrected chi connectivity index (χ2v) is 7.46. The molecule has 28 heavy (non-hydrogen) atoms. The zero-order valence-electron chi connectivity index (χ0n) is 17.7. The van der Waals surface area contributed by atoms with Crippen LogP contribution in [0.5, 0.6) is 0 Å². The van der Waals surface area contributed by atoms with Crippen LogP contribution in [0.15, 0.2) is 35.3 Å². The minimum absolute atomic E-state index is 0. The summed E-state index contributed by atoms with van der Waals surface area (Å²) in [4.78, 5) is 6.83. The van der Waals surface area contributed by atoms with Crippen LogP contribution in [0.3, 0.4) is 0 Å². The molecule has 2 rings (SSSR count). The van der Waals surface area contributed by atoms with Crippen LogP contribution in [0.2, 0.25) is 0 Å². The molecule has 1 aliphatic heterocycles. The van der Waals surface area contributed by atoms with Gasteiger partial charge in [-0.1, -0.05) is 32.0 Å². The fourth-order valence-corrected chi connectivity index (χ4v) is 3.29. The number of methoxy groups -OCH3 is 1. The van der Waals surface area contributed by atoms with E-state index in [-0.39, 0.29) is 24.0 Å². The van der Waals surface area contributed by atoms with Crippen molar-refractivity contribution < 1.29 is 9.47 Å². The third kappa shape index (κ3) is 8.53. The molecule has 1 heterocycles. The molecule has 0 amide bonds. The summed E-state index contributed by atoms with van der Waals surface area (Å²) in [5.41, 5.74) is 1.16. The van der Waals surface area contributed by atoms with Crippen molar-refractivity contribution in [2.45, 2.75) is 26.3 Å². The predicted octanol–water partition coefficient (Wildman–Crippen LogP) is 3.30. The van der Waals surface area contributed by atoms with Crippen LogP contribution in [-0.4, -0.2) is 70.5 Å². The van der Waals surface area contributed by atoms with Crippen molar-refractivity contribution in [1.82, 2.24) is 10.2 Å². The number of nitrogens with zero attached hydrogens (tertiary/aromatic N) is 2. The molecule has 2 unspecified atom stereocenters. The lowest BCUT2D eigenvalue weighted by molar-refractivity contribution is 0.0536. The molecule has 6 nitrogen and oxygen atoms in total. The van der Waals surface area contributed by atoms with Crippen molar-refractivity contribution in [2.24, 2.45) is 16.8 Å². The summed E-state index contributed by atoms with van der Waals surface area (Å²) in [7, 11) is 3.56. The van der Waals surface area contributed by atoms with Gasteiger partial charge < -0.3 is 25.0 Å². The van der Waals surface area contributed by atoms with Crippen molar-refractivity contribution in [3.63, 3.8) is 0 Å². The van der Waals surface area contributed by atoms with Crippen molar-refractivity contribution in [3.8, 4) is 0 Å². The molecule has 1 aromatic carbocycles. The number of benzene rings is 1. The van der Waals surface area contributed by atoms with Gasteiger partial charge >= 0.3 is 0 Å². The van der Waals surface area contributed by atoms with Crippen LogP contribution in [0.4, 0.5) is 5.69 Å². The minimum atomic E-state index is 0. The predicted molar refractivity (Wildman–Crippen MR) is 128 cm³/mol. The molecular formula is C21H37IN4O2. The van der Waals surface area contributed by atoms with E-state index in [0.29, 0.717) is 31.1 Å². The van der Waals surface area contributed by atoms with Crippen LogP contribution in [-0.2, 0) is 9.47 Å². The quantitative estimate of drug-likeness (QED) is 0.222. The van der Waals surface area contributed by atoms with Crippen LogP contribution in [0.25, 0.3) is 0 Å². The van der Waals surface area contributed by atoms with E-state index in [1.165, 1.54) is 0 Å². The summed E-state index contributed by atoms with van der Waals surface area (Å²) in [5, 5.41) is 7.19. The first kappa shape index (κ1) is 25.0. The highest BCUT2D eigenvalue weighted by Gasteiger charge is 2.25. The Balaban J connectivity index is 0.00000392. The summed E-state index contributed by atoms with van der Waals surface area (Å²) < 4.78 is 10.7. The molecule has 0 spiro atoms. The maximum absolute atomic E-state index is 5.69. The molecule has 0 saturated carbocycles. The highest BCUT2D eigenvalue weighted by molar-refractivity contribution is 14.0. The van der Waals surface area contributed by atoms with E-state index >= 15 is 0 Å². The Kier molecular flexibility index (Phi) is 12.5. The van der Waals surface area contributed by atoms with Gasteiger partial charge in [0.05, 0.1) is 19.8 Å². The molecule has 0 aromatic heterocycles. The minimum Gasteiger partial charge on any atom is -0.382 e. The SMILES string of the molecule is CN=C(NCC(Nc1ccccc1)C(C)C)N1CCC(COCCOC)C1.I. The summed E-state index contributed by atoms with van der Waals surface area (Å²) in [5.74, 6) is 2.05. The van der Waals surface area contributed by atoms with Gasteiger partial charge in [0, 0.05) is 51.4 Å².